The van der Waals surface area contributed by atoms with Crippen LogP contribution in [0.25, 0.3) is 0 Å². The highest BCUT2D eigenvalue weighted by molar-refractivity contribution is 6.02. The number of rotatable bonds is 1. The van der Waals surface area contributed by atoms with Crippen molar-refractivity contribution in [2.24, 2.45) is 11.0 Å². The predicted octanol–water partition coefficient (Wildman–Crippen LogP) is 3.04. The highest BCUT2D eigenvalue weighted by atomic mass is 19.4. The minimum atomic E-state index is -4.73. The van der Waals surface area contributed by atoms with E-state index in [1.165, 1.54) is 24.3 Å². The van der Waals surface area contributed by atoms with Crippen molar-refractivity contribution >= 4 is 11.6 Å². The number of hydrogen-bond donors (Lipinski definition) is 2. The summed E-state index contributed by atoms with van der Waals surface area (Å²) in [7, 11) is 0. The maximum Gasteiger partial charge on any atom is 0.431 e. The third kappa shape index (κ3) is 2.64. The number of carbonyl (C=O) groups excluding carboxylic acids is 1. The molecule has 1 aliphatic carbocycles. The molecular weight excluding hydrogens is 325 g/mol. The van der Waals surface area contributed by atoms with Crippen LogP contribution in [0.5, 0.6) is 5.75 Å². The number of benzene rings is 1. The number of amides is 1. The van der Waals surface area contributed by atoms with Crippen LogP contribution in [0.15, 0.2) is 29.4 Å². The number of nitrogens with zero attached hydrogens (tertiary/aromatic N) is 2. The number of phenols is 1. The molecule has 0 radical (unpaired) electrons. The van der Waals surface area contributed by atoms with Gasteiger partial charge >= 0.3 is 6.18 Å². The molecule has 1 aliphatic heterocycles. The average molecular weight is 342 g/mol. The van der Waals surface area contributed by atoms with Crippen LogP contribution in [0.2, 0.25) is 0 Å². The molecule has 1 aromatic carbocycles. The van der Waals surface area contributed by atoms with Crippen molar-refractivity contribution < 1.29 is 28.2 Å². The molecule has 1 amide bonds. The van der Waals surface area contributed by atoms with Gasteiger partial charge in [-0.05, 0) is 31.4 Å². The molecule has 2 atom stereocenters. The number of halogens is 3. The van der Waals surface area contributed by atoms with E-state index in [1.807, 2.05) is 0 Å². The first-order valence-electron chi connectivity index (χ1n) is 7.76. The Morgan fingerprint density at radius 1 is 1.25 bits per heavy atom. The lowest BCUT2D eigenvalue weighted by atomic mass is 9.87. The van der Waals surface area contributed by atoms with Crippen LogP contribution in [-0.4, -0.2) is 38.7 Å². The summed E-state index contributed by atoms with van der Waals surface area (Å²) in [5.41, 5.74) is -3.34. The van der Waals surface area contributed by atoms with Crippen LogP contribution in [0.3, 0.4) is 0 Å². The maximum atomic E-state index is 13.3. The Labute approximate surface area is 136 Å². The largest absolute Gasteiger partial charge is 0.507 e. The molecule has 1 aromatic rings. The van der Waals surface area contributed by atoms with Gasteiger partial charge in [-0.3, -0.25) is 4.79 Å². The van der Waals surface area contributed by atoms with Crippen LogP contribution in [0.1, 0.15) is 42.5 Å². The third-order valence-electron chi connectivity index (χ3n) is 4.62. The van der Waals surface area contributed by atoms with Gasteiger partial charge in [0.15, 0.2) is 5.72 Å². The minimum Gasteiger partial charge on any atom is -0.507 e. The highest BCUT2D eigenvalue weighted by Gasteiger charge is 2.59. The first kappa shape index (κ1) is 16.8. The second-order valence-corrected chi connectivity index (χ2v) is 6.15. The molecule has 1 heterocycles. The summed E-state index contributed by atoms with van der Waals surface area (Å²) < 4.78 is 40.0. The minimum absolute atomic E-state index is 0.0140. The molecule has 0 bridgehead atoms. The molecule has 24 heavy (non-hydrogen) atoms. The standard InChI is InChI=1S/C16H17F3N2O3/c17-16(18,19)13-11-7-2-1-5-9-15(11,24)21(20-13)14(23)10-6-3-4-8-12(10)22/h3-4,6,8,11,22,24H,1-2,5,7,9H2. The Kier molecular flexibility index (Phi) is 4.03. The van der Waals surface area contributed by atoms with Gasteiger partial charge in [0.25, 0.3) is 5.91 Å². The molecule has 0 aromatic heterocycles. The molecule has 3 rings (SSSR count). The van der Waals surface area contributed by atoms with E-state index < -0.39 is 29.4 Å². The Balaban J connectivity index is 2.06. The summed E-state index contributed by atoms with van der Waals surface area (Å²) in [5, 5.41) is 24.7. The normalized spacial score (nSPS) is 27.4. The van der Waals surface area contributed by atoms with E-state index >= 15 is 0 Å². The lowest BCUT2D eigenvalue weighted by molar-refractivity contribution is -0.108. The van der Waals surface area contributed by atoms with E-state index in [-0.39, 0.29) is 24.2 Å². The first-order chi connectivity index (χ1) is 11.2. The van der Waals surface area contributed by atoms with E-state index in [0.29, 0.717) is 24.3 Å². The van der Waals surface area contributed by atoms with Gasteiger partial charge in [0.2, 0.25) is 0 Å². The maximum absolute atomic E-state index is 13.3. The lowest BCUT2D eigenvalue weighted by Crippen LogP contribution is -2.51. The van der Waals surface area contributed by atoms with Crippen LogP contribution in [-0.2, 0) is 0 Å². The fraction of sp³-hybridized carbons (Fsp3) is 0.500. The van der Waals surface area contributed by atoms with E-state index in [9.17, 15) is 28.2 Å². The Morgan fingerprint density at radius 2 is 1.96 bits per heavy atom. The third-order valence-corrected chi connectivity index (χ3v) is 4.62. The molecule has 1 fully saturated rings. The number of hydrogen-bond acceptors (Lipinski definition) is 4. The zero-order valence-electron chi connectivity index (χ0n) is 12.8. The number of phenolic OH excluding ortho intramolecular Hbond substituents is 1. The molecule has 2 aliphatic rings. The van der Waals surface area contributed by atoms with Gasteiger partial charge in [0.05, 0.1) is 11.5 Å². The number of fused-ring (bicyclic) bond motifs is 1. The topological polar surface area (TPSA) is 73.1 Å². The number of hydrazone groups is 1. The molecule has 130 valence electrons. The van der Waals surface area contributed by atoms with E-state index in [0.717, 1.165) is 0 Å². The second kappa shape index (κ2) is 5.77. The van der Waals surface area contributed by atoms with Crippen LogP contribution in [0, 0.1) is 5.92 Å². The number of para-hydroxylation sites is 1. The summed E-state index contributed by atoms with van der Waals surface area (Å²) in [6.45, 7) is 0. The second-order valence-electron chi connectivity index (χ2n) is 6.15. The quantitative estimate of drug-likeness (QED) is 0.824. The Hall–Kier alpha value is -2.09. The van der Waals surface area contributed by atoms with Gasteiger partial charge < -0.3 is 10.2 Å². The van der Waals surface area contributed by atoms with Gasteiger partial charge in [-0.25, -0.2) is 0 Å². The van der Waals surface area contributed by atoms with Crippen molar-refractivity contribution in [3.63, 3.8) is 0 Å². The molecule has 5 nitrogen and oxygen atoms in total. The molecule has 2 unspecified atom stereocenters. The summed E-state index contributed by atoms with van der Waals surface area (Å²) in [6.07, 6.45) is -2.89. The van der Waals surface area contributed by atoms with E-state index in [4.69, 9.17) is 0 Å². The lowest BCUT2D eigenvalue weighted by Gasteiger charge is -2.35. The van der Waals surface area contributed by atoms with Crippen LogP contribution >= 0.6 is 0 Å². The first-order valence-corrected chi connectivity index (χ1v) is 7.76. The highest BCUT2D eigenvalue weighted by Crippen LogP contribution is 2.45. The predicted molar refractivity (Wildman–Crippen MR) is 79.3 cm³/mol. The van der Waals surface area contributed by atoms with Gasteiger partial charge in [0, 0.05) is 0 Å². The number of alkyl halides is 3. The van der Waals surface area contributed by atoms with Crippen molar-refractivity contribution in [1.29, 1.82) is 0 Å². The Bertz CT molecular complexity index is 689. The fourth-order valence-electron chi connectivity index (χ4n) is 3.43. The van der Waals surface area contributed by atoms with Gasteiger partial charge in [0.1, 0.15) is 11.5 Å². The monoisotopic (exact) mass is 342 g/mol. The Morgan fingerprint density at radius 3 is 2.62 bits per heavy atom. The molecule has 2 N–H and O–H groups in total. The summed E-state index contributed by atoms with van der Waals surface area (Å²) in [4.78, 5) is 12.6. The fourth-order valence-corrected chi connectivity index (χ4v) is 3.43. The summed E-state index contributed by atoms with van der Waals surface area (Å²) in [6, 6.07) is 5.51. The smallest absolute Gasteiger partial charge is 0.431 e. The van der Waals surface area contributed by atoms with Gasteiger partial charge in [-0.2, -0.15) is 23.3 Å². The van der Waals surface area contributed by atoms with Crippen molar-refractivity contribution in [1.82, 2.24) is 5.01 Å². The molecule has 1 saturated carbocycles. The number of aliphatic hydroxyl groups is 1. The van der Waals surface area contributed by atoms with Crippen LogP contribution < -0.4 is 0 Å². The molecule has 0 spiro atoms. The zero-order valence-corrected chi connectivity index (χ0v) is 12.8. The molecule has 0 saturated heterocycles. The van der Waals surface area contributed by atoms with Gasteiger partial charge in [-0.15, -0.1) is 0 Å². The van der Waals surface area contributed by atoms with Crippen molar-refractivity contribution in [3.8, 4) is 5.75 Å². The van der Waals surface area contributed by atoms with Crippen molar-refractivity contribution in [2.75, 3.05) is 0 Å². The van der Waals surface area contributed by atoms with E-state index in [1.54, 1.807) is 0 Å². The summed E-state index contributed by atoms with van der Waals surface area (Å²) in [5.74, 6) is -2.58. The van der Waals surface area contributed by atoms with Gasteiger partial charge in [-0.1, -0.05) is 25.0 Å². The number of carbonyl (C=O) groups is 1. The summed E-state index contributed by atoms with van der Waals surface area (Å²) >= 11 is 0. The van der Waals surface area contributed by atoms with Crippen LogP contribution in [0.4, 0.5) is 13.2 Å². The average Bonchev–Trinajstić information content (AvgIpc) is 2.67. The molecule has 8 heteroatoms. The zero-order chi connectivity index (χ0) is 17.5. The van der Waals surface area contributed by atoms with Crippen molar-refractivity contribution in [2.45, 2.75) is 44.0 Å². The van der Waals surface area contributed by atoms with E-state index in [2.05, 4.69) is 5.10 Å². The number of aromatic hydroxyl groups is 1. The molecular formula is C16H17F3N2O3. The van der Waals surface area contributed by atoms with Crippen molar-refractivity contribution in [3.05, 3.63) is 29.8 Å². The SMILES string of the molecule is O=C(c1ccccc1O)N1N=C(C(F)(F)F)C2CCCCCC21O.